The van der Waals surface area contributed by atoms with Gasteiger partial charge in [0.05, 0.1) is 0 Å². The molecule has 1 aromatic rings. The molecule has 0 atom stereocenters. The number of alkyl halides is 5. The van der Waals surface area contributed by atoms with Crippen LogP contribution in [0.4, 0.5) is 13.2 Å². The third-order valence-electron chi connectivity index (χ3n) is 2.33. The number of carbonyl (C=O) groups excluding carboxylic acids is 1. The number of halogens is 5. The summed E-state index contributed by atoms with van der Waals surface area (Å²) < 4.78 is 39.7. The van der Waals surface area contributed by atoms with E-state index in [-0.39, 0.29) is 29.0 Å². The molecule has 0 bridgehead atoms. The number of carbonyl (C=O) groups is 1. The van der Waals surface area contributed by atoms with E-state index in [0.29, 0.717) is 13.1 Å². The average molecular weight is 330 g/mol. The molecule has 0 aromatic heterocycles. The number of benzene rings is 1. The summed E-state index contributed by atoms with van der Waals surface area (Å²) >= 11 is 11.2. The highest BCUT2D eigenvalue weighted by Crippen LogP contribution is 2.23. The molecule has 1 amide bonds. The van der Waals surface area contributed by atoms with E-state index >= 15 is 0 Å². The van der Waals surface area contributed by atoms with Crippen molar-refractivity contribution in [3.8, 4) is 5.75 Å². The van der Waals surface area contributed by atoms with Crippen molar-refractivity contribution in [2.75, 3.05) is 24.8 Å². The van der Waals surface area contributed by atoms with Gasteiger partial charge in [-0.2, -0.15) is 0 Å². The van der Waals surface area contributed by atoms with Crippen LogP contribution in [0.3, 0.4) is 0 Å². The summed E-state index contributed by atoms with van der Waals surface area (Å²) in [6, 6.07) is 4.69. The maximum atomic E-state index is 12.1. The molecule has 0 fully saturated rings. The molecule has 0 radical (unpaired) electrons. The summed E-state index contributed by atoms with van der Waals surface area (Å²) in [5, 5.41) is 0. The molecule has 8 heteroatoms. The van der Waals surface area contributed by atoms with E-state index in [0.717, 1.165) is 12.1 Å². The Morgan fingerprint density at radius 3 is 2.00 bits per heavy atom. The molecule has 1 aromatic carbocycles. The zero-order chi connectivity index (χ0) is 15.2. The molecule has 0 saturated heterocycles. The van der Waals surface area contributed by atoms with Gasteiger partial charge in [0, 0.05) is 30.4 Å². The Labute approximate surface area is 124 Å². The lowest BCUT2D eigenvalue weighted by Crippen LogP contribution is -2.34. The van der Waals surface area contributed by atoms with E-state index < -0.39 is 6.36 Å². The SMILES string of the molecule is O=C(c1ccc(OC(F)(F)F)cc1)N(CCCl)CCCl. The summed E-state index contributed by atoms with van der Waals surface area (Å²) in [7, 11) is 0. The molecule has 0 aliphatic rings. The molecule has 0 aliphatic heterocycles. The standard InChI is InChI=1S/C12H12Cl2F3NO2/c13-5-7-18(8-6-14)11(19)9-1-3-10(4-2-9)20-12(15,16)17/h1-4H,5-8H2. The van der Waals surface area contributed by atoms with Crippen molar-refractivity contribution in [1.29, 1.82) is 0 Å². The molecule has 0 aliphatic carbocycles. The zero-order valence-corrected chi connectivity index (χ0v) is 11.8. The lowest BCUT2D eigenvalue weighted by molar-refractivity contribution is -0.274. The van der Waals surface area contributed by atoms with Gasteiger partial charge in [-0.25, -0.2) is 0 Å². The first kappa shape index (κ1) is 16.9. The van der Waals surface area contributed by atoms with Crippen molar-refractivity contribution in [3.05, 3.63) is 29.8 Å². The summed E-state index contributed by atoms with van der Waals surface area (Å²) in [5.74, 6) is -0.226. The lowest BCUT2D eigenvalue weighted by atomic mass is 10.2. The van der Waals surface area contributed by atoms with Crippen molar-refractivity contribution < 1.29 is 22.7 Å². The fraction of sp³-hybridized carbons (Fsp3) is 0.417. The number of hydrogen-bond acceptors (Lipinski definition) is 2. The van der Waals surface area contributed by atoms with Gasteiger partial charge in [0.15, 0.2) is 0 Å². The average Bonchev–Trinajstić information content (AvgIpc) is 2.37. The highest BCUT2D eigenvalue weighted by molar-refractivity contribution is 6.18. The van der Waals surface area contributed by atoms with Gasteiger partial charge in [0.2, 0.25) is 0 Å². The molecule has 20 heavy (non-hydrogen) atoms. The quantitative estimate of drug-likeness (QED) is 0.747. The molecule has 3 nitrogen and oxygen atoms in total. The van der Waals surface area contributed by atoms with Crippen LogP contribution in [-0.2, 0) is 0 Å². The van der Waals surface area contributed by atoms with E-state index in [2.05, 4.69) is 4.74 Å². The van der Waals surface area contributed by atoms with Gasteiger partial charge >= 0.3 is 6.36 Å². The number of ether oxygens (including phenoxy) is 1. The van der Waals surface area contributed by atoms with Crippen LogP contribution in [0.2, 0.25) is 0 Å². The highest BCUT2D eigenvalue weighted by atomic mass is 35.5. The van der Waals surface area contributed by atoms with Crippen molar-refractivity contribution in [3.63, 3.8) is 0 Å². The normalized spacial score (nSPS) is 11.2. The van der Waals surface area contributed by atoms with Gasteiger partial charge < -0.3 is 9.64 Å². The summed E-state index contributed by atoms with van der Waals surface area (Å²) in [6.45, 7) is 0.627. The molecule has 0 saturated carbocycles. The van der Waals surface area contributed by atoms with E-state index in [4.69, 9.17) is 23.2 Å². The molecule has 0 heterocycles. The Balaban J connectivity index is 2.78. The van der Waals surface area contributed by atoms with E-state index in [1.165, 1.54) is 17.0 Å². The lowest BCUT2D eigenvalue weighted by Gasteiger charge is -2.20. The minimum absolute atomic E-state index is 0.245. The maximum Gasteiger partial charge on any atom is 0.573 e. The molecule has 1 rings (SSSR count). The van der Waals surface area contributed by atoms with Crippen LogP contribution in [-0.4, -0.2) is 42.0 Å². The van der Waals surface area contributed by atoms with Crippen molar-refractivity contribution in [1.82, 2.24) is 4.90 Å². The molecule has 0 N–H and O–H groups in total. The van der Waals surface area contributed by atoms with E-state index in [9.17, 15) is 18.0 Å². The van der Waals surface area contributed by atoms with Crippen LogP contribution in [0.1, 0.15) is 10.4 Å². The number of hydrogen-bond donors (Lipinski definition) is 0. The van der Waals surface area contributed by atoms with Crippen LogP contribution in [0.5, 0.6) is 5.75 Å². The minimum Gasteiger partial charge on any atom is -0.406 e. The van der Waals surface area contributed by atoms with Gasteiger partial charge in [-0.1, -0.05) is 0 Å². The Hall–Kier alpha value is -1.14. The van der Waals surface area contributed by atoms with Crippen LogP contribution in [0.25, 0.3) is 0 Å². The zero-order valence-electron chi connectivity index (χ0n) is 10.3. The summed E-state index contributed by atoms with van der Waals surface area (Å²) in [5.41, 5.74) is 0.245. The first-order chi connectivity index (χ1) is 9.37. The first-order valence-electron chi connectivity index (χ1n) is 5.64. The predicted octanol–water partition coefficient (Wildman–Crippen LogP) is 3.51. The highest BCUT2D eigenvalue weighted by Gasteiger charge is 2.31. The smallest absolute Gasteiger partial charge is 0.406 e. The van der Waals surface area contributed by atoms with Crippen molar-refractivity contribution in [2.45, 2.75) is 6.36 Å². The van der Waals surface area contributed by atoms with Gasteiger partial charge in [-0.15, -0.1) is 36.4 Å². The van der Waals surface area contributed by atoms with Crippen LogP contribution >= 0.6 is 23.2 Å². The fourth-order valence-electron chi connectivity index (χ4n) is 1.50. The van der Waals surface area contributed by atoms with Crippen LogP contribution < -0.4 is 4.74 Å². The van der Waals surface area contributed by atoms with Crippen LogP contribution in [0.15, 0.2) is 24.3 Å². The summed E-state index contributed by atoms with van der Waals surface area (Å²) in [6.07, 6.45) is -4.76. The predicted molar refractivity (Wildman–Crippen MR) is 70.5 cm³/mol. The van der Waals surface area contributed by atoms with Gasteiger partial charge in [0.1, 0.15) is 5.75 Å². The summed E-state index contributed by atoms with van der Waals surface area (Å²) in [4.78, 5) is 13.5. The van der Waals surface area contributed by atoms with Crippen molar-refractivity contribution in [2.24, 2.45) is 0 Å². The Morgan fingerprint density at radius 1 is 1.10 bits per heavy atom. The third-order valence-corrected chi connectivity index (χ3v) is 2.67. The number of nitrogens with zero attached hydrogens (tertiary/aromatic N) is 1. The second-order valence-electron chi connectivity index (χ2n) is 3.74. The first-order valence-corrected chi connectivity index (χ1v) is 6.71. The Morgan fingerprint density at radius 2 is 1.60 bits per heavy atom. The Kier molecular flexibility index (Phi) is 6.42. The van der Waals surface area contributed by atoms with Gasteiger partial charge in [-0.3, -0.25) is 4.79 Å². The molecule has 0 spiro atoms. The topological polar surface area (TPSA) is 29.5 Å². The fourth-order valence-corrected chi connectivity index (χ4v) is 1.91. The van der Waals surface area contributed by atoms with E-state index in [1.54, 1.807) is 0 Å². The second kappa shape index (κ2) is 7.59. The monoisotopic (exact) mass is 329 g/mol. The molecule has 0 unspecified atom stereocenters. The van der Waals surface area contributed by atoms with Gasteiger partial charge in [-0.05, 0) is 24.3 Å². The van der Waals surface area contributed by atoms with E-state index in [1.807, 2.05) is 0 Å². The molecule has 112 valence electrons. The number of amides is 1. The van der Waals surface area contributed by atoms with Gasteiger partial charge in [0.25, 0.3) is 5.91 Å². The Bertz CT molecular complexity index is 431. The molecular weight excluding hydrogens is 318 g/mol. The third kappa shape index (κ3) is 5.46. The largest absolute Gasteiger partial charge is 0.573 e. The van der Waals surface area contributed by atoms with Crippen molar-refractivity contribution >= 4 is 29.1 Å². The molecular formula is C12H12Cl2F3NO2. The second-order valence-corrected chi connectivity index (χ2v) is 4.50. The van der Waals surface area contributed by atoms with Crippen LogP contribution in [0, 0.1) is 0 Å². The maximum absolute atomic E-state index is 12.1. The number of rotatable bonds is 6. The minimum atomic E-state index is -4.76.